The van der Waals surface area contributed by atoms with Gasteiger partial charge < -0.3 is 14.6 Å². The van der Waals surface area contributed by atoms with E-state index in [4.69, 9.17) is 9.47 Å². The molecule has 0 spiro atoms. The van der Waals surface area contributed by atoms with Crippen LogP contribution in [0.25, 0.3) is 0 Å². The summed E-state index contributed by atoms with van der Waals surface area (Å²) in [4.78, 5) is 11.5. The van der Waals surface area contributed by atoms with Crippen LogP contribution in [0.2, 0.25) is 0 Å². The molecule has 3 aliphatic rings. The number of aliphatic hydroxyl groups is 1. The van der Waals surface area contributed by atoms with Crippen LogP contribution in [-0.4, -0.2) is 29.6 Å². The molecule has 88 valence electrons. The minimum absolute atomic E-state index is 0.0953. The Morgan fingerprint density at radius 2 is 2.12 bits per heavy atom. The molecule has 0 amide bonds. The number of rotatable bonds is 2. The van der Waals surface area contributed by atoms with Crippen LogP contribution in [0.3, 0.4) is 0 Å². The molecule has 4 nitrogen and oxygen atoms in total. The number of esters is 1. The van der Waals surface area contributed by atoms with Crippen molar-refractivity contribution in [2.75, 3.05) is 0 Å². The average molecular weight is 224 g/mol. The normalized spacial score (nSPS) is 48.4. The number of hydrogen-bond donors (Lipinski definition) is 1. The van der Waals surface area contributed by atoms with E-state index in [1.807, 2.05) is 0 Å². The van der Waals surface area contributed by atoms with Gasteiger partial charge in [0.1, 0.15) is 12.2 Å². The van der Waals surface area contributed by atoms with Gasteiger partial charge in [-0.3, -0.25) is 0 Å². The molecule has 4 heteroatoms. The van der Waals surface area contributed by atoms with Crippen molar-refractivity contribution in [2.45, 2.75) is 38.3 Å². The summed E-state index contributed by atoms with van der Waals surface area (Å²) in [6.07, 6.45) is 0.995. The molecule has 3 fully saturated rings. The van der Waals surface area contributed by atoms with E-state index >= 15 is 0 Å². The van der Waals surface area contributed by atoms with Gasteiger partial charge in [-0.15, -0.1) is 0 Å². The minimum Gasteiger partial charge on any atom is -0.456 e. The first kappa shape index (κ1) is 10.3. The smallest absolute Gasteiger partial charge is 0.333 e. The second kappa shape index (κ2) is 3.31. The summed E-state index contributed by atoms with van der Waals surface area (Å²) in [6, 6.07) is 0. The Morgan fingerprint density at radius 3 is 2.81 bits per heavy atom. The maximum Gasteiger partial charge on any atom is 0.333 e. The molecule has 0 aromatic carbocycles. The van der Waals surface area contributed by atoms with E-state index < -0.39 is 6.29 Å². The predicted molar refractivity (Wildman–Crippen MR) is 55.3 cm³/mol. The van der Waals surface area contributed by atoms with Gasteiger partial charge in [0.25, 0.3) is 0 Å². The summed E-state index contributed by atoms with van der Waals surface area (Å²) in [7, 11) is 0. The fraction of sp³-hybridized carbons (Fsp3) is 0.750. The Hall–Kier alpha value is -0.870. The summed E-state index contributed by atoms with van der Waals surface area (Å²) in [5.41, 5.74) is 0.415. The van der Waals surface area contributed by atoms with Crippen molar-refractivity contribution in [2.24, 2.45) is 17.8 Å². The first-order chi connectivity index (χ1) is 7.58. The van der Waals surface area contributed by atoms with Crippen LogP contribution in [0.15, 0.2) is 12.2 Å². The van der Waals surface area contributed by atoms with Crippen molar-refractivity contribution in [3.8, 4) is 0 Å². The van der Waals surface area contributed by atoms with Gasteiger partial charge in [0.2, 0.25) is 0 Å². The Kier molecular flexibility index (Phi) is 2.13. The molecule has 0 radical (unpaired) electrons. The van der Waals surface area contributed by atoms with Gasteiger partial charge in [-0.25, -0.2) is 4.79 Å². The molecule has 1 heterocycles. The topological polar surface area (TPSA) is 55.8 Å². The molecule has 6 atom stereocenters. The lowest BCUT2D eigenvalue weighted by atomic mass is 9.87. The molecule has 1 aliphatic heterocycles. The molecular weight excluding hydrogens is 208 g/mol. The quantitative estimate of drug-likeness (QED) is 0.558. The Balaban J connectivity index is 1.75. The van der Waals surface area contributed by atoms with Crippen molar-refractivity contribution < 1.29 is 19.4 Å². The van der Waals surface area contributed by atoms with Crippen molar-refractivity contribution in [1.29, 1.82) is 0 Å². The van der Waals surface area contributed by atoms with Crippen molar-refractivity contribution in [3.63, 3.8) is 0 Å². The van der Waals surface area contributed by atoms with E-state index in [9.17, 15) is 9.90 Å². The minimum atomic E-state index is -0.659. The van der Waals surface area contributed by atoms with Crippen LogP contribution in [0.5, 0.6) is 0 Å². The average Bonchev–Trinajstić information content (AvgIpc) is 2.81. The third-order valence-electron chi connectivity index (χ3n) is 4.16. The van der Waals surface area contributed by atoms with Gasteiger partial charge in [-0.05, 0) is 31.6 Å². The van der Waals surface area contributed by atoms with E-state index in [-0.39, 0.29) is 24.1 Å². The molecule has 2 saturated carbocycles. The number of ether oxygens (including phenoxy) is 2. The molecule has 5 unspecified atom stereocenters. The van der Waals surface area contributed by atoms with Crippen molar-refractivity contribution in [3.05, 3.63) is 12.2 Å². The van der Waals surface area contributed by atoms with Crippen LogP contribution in [0, 0.1) is 17.8 Å². The lowest BCUT2D eigenvalue weighted by molar-refractivity contribution is -0.160. The largest absolute Gasteiger partial charge is 0.456 e. The number of fused-ring (bicyclic) bond motifs is 1. The third-order valence-corrected chi connectivity index (χ3v) is 4.16. The first-order valence-electron chi connectivity index (χ1n) is 5.78. The van der Waals surface area contributed by atoms with E-state index in [0.29, 0.717) is 17.4 Å². The van der Waals surface area contributed by atoms with E-state index in [1.54, 1.807) is 6.92 Å². The lowest BCUT2D eigenvalue weighted by Crippen LogP contribution is -2.36. The molecule has 1 N–H and O–H groups in total. The van der Waals surface area contributed by atoms with Crippen LogP contribution < -0.4 is 0 Å². The predicted octanol–water partition coefficient (Wildman–Crippen LogP) is 0.847. The van der Waals surface area contributed by atoms with Crippen molar-refractivity contribution in [1.82, 2.24) is 0 Å². The van der Waals surface area contributed by atoms with Crippen molar-refractivity contribution >= 4 is 5.97 Å². The fourth-order valence-corrected chi connectivity index (χ4v) is 3.46. The number of carbonyl (C=O) groups excluding carboxylic acids is 1. The highest BCUT2D eigenvalue weighted by Crippen LogP contribution is 2.56. The highest BCUT2D eigenvalue weighted by Gasteiger charge is 2.62. The highest BCUT2D eigenvalue weighted by atomic mass is 16.6. The Labute approximate surface area is 94.2 Å². The maximum atomic E-state index is 11.5. The monoisotopic (exact) mass is 224 g/mol. The SMILES string of the molecule is C=C(C)C(=O)OC1C2CC3C(O)O[C@@H]1C3C2. The molecule has 0 aromatic heterocycles. The molecule has 2 aliphatic carbocycles. The van der Waals surface area contributed by atoms with E-state index in [2.05, 4.69) is 6.58 Å². The number of aliphatic hydroxyl groups excluding tert-OH is 1. The molecule has 0 aromatic rings. The van der Waals surface area contributed by atoms with Gasteiger partial charge in [-0.2, -0.15) is 0 Å². The summed E-state index contributed by atoms with van der Waals surface area (Å²) >= 11 is 0. The molecule has 3 rings (SSSR count). The zero-order valence-electron chi connectivity index (χ0n) is 9.26. The van der Waals surface area contributed by atoms with E-state index in [0.717, 1.165) is 12.8 Å². The zero-order valence-corrected chi connectivity index (χ0v) is 9.26. The lowest BCUT2D eigenvalue weighted by Gasteiger charge is -2.26. The van der Waals surface area contributed by atoms with Gasteiger partial charge in [0, 0.05) is 11.5 Å². The van der Waals surface area contributed by atoms with Gasteiger partial charge >= 0.3 is 5.97 Å². The van der Waals surface area contributed by atoms with Crippen LogP contribution in [0.4, 0.5) is 0 Å². The Bertz CT molecular complexity index is 351. The molecule has 1 saturated heterocycles. The third kappa shape index (κ3) is 1.26. The number of carbonyl (C=O) groups is 1. The summed E-state index contributed by atoms with van der Waals surface area (Å²) < 4.78 is 10.9. The van der Waals surface area contributed by atoms with Gasteiger partial charge in [-0.1, -0.05) is 6.58 Å². The molecular formula is C12H16O4. The van der Waals surface area contributed by atoms with Gasteiger partial charge in [0.15, 0.2) is 6.29 Å². The van der Waals surface area contributed by atoms with Crippen LogP contribution in [-0.2, 0) is 14.3 Å². The standard InChI is InChI=1S/C12H16O4/c1-5(2)11(13)15-9-6-3-7-8(4-6)12(14)16-10(7)9/h6-10,12,14H,1,3-4H2,2H3/t6?,7?,8?,9?,10-,12?/m1/s1. The van der Waals surface area contributed by atoms with E-state index in [1.165, 1.54) is 0 Å². The number of hydrogen-bond acceptors (Lipinski definition) is 4. The van der Waals surface area contributed by atoms with Crippen LogP contribution in [0.1, 0.15) is 19.8 Å². The molecule has 2 bridgehead atoms. The Morgan fingerprint density at radius 1 is 1.44 bits per heavy atom. The summed E-state index contributed by atoms with van der Waals surface area (Å²) in [5.74, 6) is 0.650. The van der Waals surface area contributed by atoms with Crippen LogP contribution >= 0.6 is 0 Å². The van der Waals surface area contributed by atoms with Gasteiger partial charge in [0.05, 0.1) is 0 Å². The molecule has 16 heavy (non-hydrogen) atoms. The first-order valence-corrected chi connectivity index (χ1v) is 5.78. The fourth-order valence-electron chi connectivity index (χ4n) is 3.46. The second-order valence-corrected chi connectivity index (χ2v) is 5.20. The zero-order chi connectivity index (χ0) is 11.4. The second-order valence-electron chi connectivity index (χ2n) is 5.20. The maximum absolute atomic E-state index is 11.5. The highest BCUT2D eigenvalue weighted by molar-refractivity contribution is 5.87. The summed E-state index contributed by atoms with van der Waals surface area (Å²) in [5, 5.41) is 9.68. The summed E-state index contributed by atoms with van der Waals surface area (Å²) in [6.45, 7) is 5.21.